The van der Waals surface area contributed by atoms with Gasteiger partial charge in [0.2, 0.25) is 0 Å². The minimum Gasteiger partial charge on any atom is -0.481 e. The van der Waals surface area contributed by atoms with E-state index in [1.807, 2.05) is 48.7 Å². The van der Waals surface area contributed by atoms with Gasteiger partial charge in [0.15, 0.2) is 0 Å². The van der Waals surface area contributed by atoms with E-state index in [1.54, 1.807) is 4.90 Å². The molecule has 1 N–H and O–H groups in total. The molecule has 5 heteroatoms. The summed E-state index contributed by atoms with van der Waals surface area (Å²) in [5.41, 5.74) is 2.02. The Labute approximate surface area is 139 Å². The summed E-state index contributed by atoms with van der Waals surface area (Å²) in [4.78, 5) is 26.8. The summed E-state index contributed by atoms with van der Waals surface area (Å²) in [5, 5.41) is 11.5. The molecule has 120 valence electrons. The summed E-state index contributed by atoms with van der Waals surface area (Å²) in [6.45, 7) is 2.76. The Kier molecular flexibility index (Phi) is 4.48. The zero-order valence-electron chi connectivity index (χ0n) is 12.9. The third-order valence-electron chi connectivity index (χ3n) is 4.47. The number of aryl methyl sites for hydroxylation is 1. The maximum atomic E-state index is 12.8. The monoisotopic (exact) mass is 329 g/mol. The lowest BCUT2D eigenvalue weighted by molar-refractivity contribution is -0.141. The van der Waals surface area contributed by atoms with Crippen LogP contribution in [-0.4, -0.2) is 35.0 Å². The van der Waals surface area contributed by atoms with Crippen LogP contribution in [0.3, 0.4) is 0 Å². The third-order valence-corrected chi connectivity index (χ3v) is 5.42. The predicted molar refractivity (Wildman–Crippen MR) is 89.9 cm³/mol. The van der Waals surface area contributed by atoms with Gasteiger partial charge in [-0.05, 0) is 29.0 Å². The summed E-state index contributed by atoms with van der Waals surface area (Å²) >= 11 is 1.44. The van der Waals surface area contributed by atoms with E-state index < -0.39 is 11.9 Å². The van der Waals surface area contributed by atoms with Gasteiger partial charge in [-0.3, -0.25) is 9.59 Å². The number of carbonyl (C=O) groups is 2. The van der Waals surface area contributed by atoms with Gasteiger partial charge in [-0.1, -0.05) is 37.3 Å². The Hall–Kier alpha value is -2.14. The minimum absolute atomic E-state index is 0.0402. The number of benzene rings is 1. The van der Waals surface area contributed by atoms with Crippen molar-refractivity contribution >= 4 is 23.2 Å². The van der Waals surface area contributed by atoms with E-state index in [9.17, 15) is 14.7 Å². The Morgan fingerprint density at radius 3 is 2.61 bits per heavy atom. The number of amides is 1. The molecule has 2 aromatic rings. The molecule has 0 bridgehead atoms. The first-order chi connectivity index (χ1) is 11.1. The number of likely N-dealkylation sites (tertiary alicyclic amines) is 1. The number of rotatable bonds is 4. The predicted octanol–water partition coefficient (Wildman–Crippen LogP) is 3.25. The van der Waals surface area contributed by atoms with E-state index in [4.69, 9.17) is 0 Å². The maximum absolute atomic E-state index is 12.8. The first-order valence-electron chi connectivity index (χ1n) is 7.75. The van der Waals surface area contributed by atoms with Crippen molar-refractivity contribution in [2.45, 2.75) is 19.3 Å². The van der Waals surface area contributed by atoms with E-state index >= 15 is 0 Å². The Balaban J connectivity index is 1.86. The summed E-state index contributed by atoms with van der Waals surface area (Å²) in [6, 6.07) is 11.6. The normalized spacial score (nSPS) is 20.7. The molecule has 0 aliphatic carbocycles. The third kappa shape index (κ3) is 3.01. The molecular weight excluding hydrogens is 310 g/mol. The van der Waals surface area contributed by atoms with Crippen molar-refractivity contribution in [3.05, 3.63) is 57.8 Å². The zero-order valence-corrected chi connectivity index (χ0v) is 13.8. The van der Waals surface area contributed by atoms with E-state index in [0.717, 1.165) is 22.4 Å². The van der Waals surface area contributed by atoms with Gasteiger partial charge in [-0.2, -0.15) is 0 Å². The number of thiophene rings is 1. The molecule has 1 aliphatic heterocycles. The van der Waals surface area contributed by atoms with E-state index in [2.05, 4.69) is 0 Å². The standard InChI is InChI=1S/C18H19NO3S/c1-2-12-8-9-23-16(12)17(20)19-10-14(15(11-19)18(21)22)13-6-4-3-5-7-13/h3-9,14-15H,2,10-11H2,1H3,(H,21,22)/t14-,15-/m0/s1. The average Bonchev–Trinajstić information content (AvgIpc) is 3.22. The molecule has 2 heterocycles. The molecule has 23 heavy (non-hydrogen) atoms. The molecule has 3 rings (SSSR count). The van der Waals surface area contributed by atoms with Crippen molar-refractivity contribution in [2.75, 3.05) is 13.1 Å². The van der Waals surface area contributed by atoms with Crippen molar-refractivity contribution < 1.29 is 14.7 Å². The molecule has 1 aromatic heterocycles. The van der Waals surface area contributed by atoms with Crippen molar-refractivity contribution in [3.63, 3.8) is 0 Å². The van der Waals surface area contributed by atoms with Crippen LogP contribution in [0.25, 0.3) is 0 Å². The van der Waals surface area contributed by atoms with Crippen LogP contribution in [0, 0.1) is 5.92 Å². The van der Waals surface area contributed by atoms with Gasteiger partial charge in [-0.25, -0.2) is 0 Å². The lowest BCUT2D eigenvalue weighted by Crippen LogP contribution is -2.29. The number of carbonyl (C=O) groups excluding carboxylic acids is 1. The smallest absolute Gasteiger partial charge is 0.308 e. The van der Waals surface area contributed by atoms with E-state index in [-0.39, 0.29) is 18.4 Å². The number of carboxylic acids is 1. The van der Waals surface area contributed by atoms with Crippen LogP contribution in [0.2, 0.25) is 0 Å². The van der Waals surface area contributed by atoms with Gasteiger partial charge >= 0.3 is 5.97 Å². The van der Waals surface area contributed by atoms with E-state index in [1.165, 1.54) is 11.3 Å². The molecule has 1 saturated heterocycles. The van der Waals surface area contributed by atoms with Gasteiger partial charge in [0.25, 0.3) is 5.91 Å². The number of nitrogens with zero attached hydrogens (tertiary/aromatic N) is 1. The van der Waals surface area contributed by atoms with E-state index in [0.29, 0.717) is 6.54 Å². The zero-order chi connectivity index (χ0) is 16.4. The summed E-state index contributed by atoms with van der Waals surface area (Å²) in [5.74, 6) is -1.58. The van der Waals surface area contributed by atoms with Crippen molar-refractivity contribution in [3.8, 4) is 0 Å². The van der Waals surface area contributed by atoms with Crippen LogP contribution in [0.4, 0.5) is 0 Å². The summed E-state index contributed by atoms with van der Waals surface area (Å²) in [7, 11) is 0. The van der Waals surface area contributed by atoms with Gasteiger partial charge in [-0.15, -0.1) is 11.3 Å². The second-order valence-corrected chi connectivity index (χ2v) is 6.72. The molecule has 1 fully saturated rings. The topological polar surface area (TPSA) is 57.6 Å². The molecule has 1 aromatic carbocycles. The second-order valence-electron chi connectivity index (χ2n) is 5.80. The number of aliphatic carboxylic acids is 1. The van der Waals surface area contributed by atoms with Crippen LogP contribution in [0.1, 0.15) is 33.6 Å². The van der Waals surface area contributed by atoms with Crippen LogP contribution < -0.4 is 0 Å². The SMILES string of the molecule is CCc1ccsc1C(=O)N1C[C@H](C(=O)O)[C@H](c2ccccc2)C1. The van der Waals surface area contributed by atoms with Crippen molar-refractivity contribution in [1.29, 1.82) is 0 Å². The van der Waals surface area contributed by atoms with Crippen molar-refractivity contribution in [2.24, 2.45) is 5.92 Å². The highest BCUT2D eigenvalue weighted by Crippen LogP contribution is 2.34. The highest BCUT2D eigenvalue weighted by Gasteiger charge is 2.41. The lowest BCUT2D eigenvalue weighted by Gasteiger charge is -2.16. The van der Waals surface area contributed by atoms with Gasteiger partial charge in [0.1, 0.15) is 0 Å². The Morgan fingerprint density at radius 2 is 1.96 bits per heavy atom. The minimum atomic E-state index is -0.837. The molecule has 1 aliphatic rings. The van der Waals surface area contributed by atoms with Crippen molar-refractivity contribution in [1.82, 2.24) is 4.90 Å². The average molecular weight is 329 g/mol. The Bertz CT molecular complexity index is 710. The van der Waals surface area contributed by atoms with Crippen LogP contribution in [0.15, 0.2) is 41.8 Å². The fourth-order valence-electron chi connectivity index (χ4n) is 3.20. The molecule has 0 saturated carbocycles. The first kappa shape index (κ1) is 15.7. The highest BCUT2D eigenvalue weighted by molar-refractivity contribution is 7.12. The molecule has 0 unspecified atom stereocenters. The molecule has 0 spiro atoms. The van der Waals surface area contributed by atoms with Crippen LogP contribution in [-0.2, 0) is 11.2 Å². The Morgan fingerprint density at radius 1 is 1.22 bits per heavy atom. The molecule has 1 amide bonds. The molecule has 4 nitrogen and oxygen atoms in total. The molecular formula is C18H19NO3S. The second kappa shape index (κ2) is 6.54. The first-order valence-corrected chi connectivity index (χ1v) is 8.63. The summed E-state index contributed by atoms with van der Waals surface area (Å²) in [6.07, 6.45) is 0.808. The van der Waals surface area contributed by atoms with Gasteiger partial charge in [0, 0.05) is 19.0 Å². The quantitative estimate of drug-likeness (QED) is 0.937. The number of hydrogen-bond donors (Lipinski definition) is 1. The lowest BCUT2D eigenvalue weighted by atomic mass is 9.89. The molecule has 0 radical (unpaired) electrons. The van der Waals surface area contributed by atoms with Gasteiger partial charge in [0.05, 0.1) is 10.8 Å². The molecule has 2 atom stereocenters. The van der Waals surface area contributed by atoms with Crippen LogP contribution in [0.5, 0.6) is 0 Å². The largest absolute Gasteiger partial charge is 0.481 e. The van der Waals surface area contributed by atoms with Crippen LogP contribution >= 0.6 is 11.3 Å². The highest BCUT2D eigenvalue weighted by atomic mass is 32.1. The fraction of sp³-hybridized carbons (Fsp3) is 0.333. The number of carboxylic acid groups (broad SMARTS) is 1. The summed E-state index contributed by atoms with van der Waals surface area (Å²) < 4.78 is 0. The van der Waals surface area contributed by atoms with Gasteiger partial charge < -0.3 is 10.0 Å². The number of hydrogen-bond acceptors (Lipinski definition) is 3. The fourth-order valence-corrected chi connectivity index (χ4v) is 4.17. The maximum Gasteiger partial charge on any atom is 0.308 e.